The molecular formula is C16H9ClF3N3O2. The third-order valence-corrected chi connectivity index (χ3v) is 3.82. The van der Waals surface area contributed by atoms with Crippen molar-refractivity contribution in [2.75, 3.05) is 5.32 Å². The molecule has 0 saturated carbocycles. The summed E-state index contributed by atoms with van der Waals surface area (Å²) in [5.41, 5.74) is 0.0787. The Morgan fingerprint density at radius 1 is 1.08 bits per heavy atom. The number of hydrogen-bond acceptors (Lipinski definition) is 4. The zero-order valence-corrected chi connectivity index (χ0v) is 13.1. The Bertz CT molecular complexity index is 976. The van der Waals surface area contributed by atoms with E-state index in [0.29, 0.717) is 16.8 Å². The molecule has 128 valence electrons. The maximum Gasteiger partial charge on any atom is 0.416 e. The first-order valence-electron chi connectivity index (χ1n) is 6.92. The number of hydrogen-bond donors (Lipinski definition) is 1. The highest BCUT2D eigenvalue weighted by Crippen LogP contribution is 2.35. The van der Waals surface area contributed by atoms with Gasteiger partial charge in [-0.2, -0.15) is 13.2 Å². The number of fused-ring (bicyclic) bond motifs is 1. The van der Waals surface area contributed by atoms with Crippen molar-refractivity contribution >= 4 is 39.6 Å². The Balaban J connectivity index is 2.01. The normalized spacial score (nSPS) is 11.5. The molecule has 0 fully saturated rings. The van der Waals surface area contributed by atoms with Crippen molar-refractivity contribution in [3.63, 3.8) is 0 Å². The summed E-state index contributed by atoms with van der Waals surface area (Å²) in [4.78, 5) is 14.1. The van der Waals surface area contributed by atoms with E-state index >= 15 is 0 Å². The molecule has 1 aromatic heterocycles. The van der Waals surface area contributed by atoms with Crippen LogP contribution in [0.2, 0.25) is 5.02 Å². The number of nitro groups is 1. The van der Waals surface area contributed by atoms with Gasteiger partial charge in [-0.1, -0.05) is 17.7 Å². The standard InChI is InChI=1S/C16H9ClF3N3O2/c17-12-8-10(23(24)25)2-4-14(12)22-13-5-6-21-15-7-9(16(18,19)20)1-3-11(13)15/h1-8H,(H,21,22). The number of aromatic nitrogens is 1. The SMILES string of the molecule is O=[N+]([O-])c1ccc(Nc2ccnc3cc(C(F)(F)F)ccc23)c(Cl)c1. The van der Waals surface area contributed by atoms with Gasteiger partial charge in [0.25, 0.3) is 5.69 Å². The Labute approximate surface area is 144 Å². The van der Waals surface area contributed by atoms with Crippen LogP contribution in [0.15, 0.2) is 48.7 Å². The van der Waals surface area contributed by atoms with E-state index < -0.39 is 16.7 Å². The number of nitrogens with one attached hydrogen (secondary N) is 1. The topological polar surface area (TPSA) is 68.1 Å². The van der Waals surface area contributed by atoms with Crippen molar-refractivity contribution in [2.24, 2.45) is 0 Å². The number of nitro benzene ring substituents is 1. The first-order chi connectivity index (χ1) is 11.8. The van der Waals surface area contributed by atoms with E-state index in [2.05, 4.69) is 10.3 Å². The van der Waals surface area contributed by atoms with Gasteiger partial charge >= 0.3 is 6.18 Å². The van der Waals surface area contributed by atoms with Crippen LogP contribution in [0, 0.1) is 10.1 Å². The maximum absolute atomic E-state index is 12.8. The summed E-state index contributed by atoms with van der Waals surface area (Å²) in [6.45, 7) is 0. The summed E-state index contributed by atoms with van der Waals surface area (Å²) in [5, 5.41) is 14.3. The smallest absolute Gasteiger partial charge is 0.354 e. The van der Waals surface area contributed by atoms with Crippen molar-refractivity contribution in [1.82, 2.24) is 4.98 Å². The van der Waals surface area contributed by atoms with Gasteiger partial charge in [0.2, 0.25) is 0 Å². The number of nitrogens with zero attached hydrogens (tertiary/aromatic N) is 2. The first kappa shape index (κ1) is 17.0. The molecule has 1 heterocycles. The van der Waals surface area contributed by atoms with Gasteiger partial charge in [0.05, 0.1) is 26.7 Å². The summed E-state index contributed by atoms with van der Waals surface area (Å²) in [6, 6.07) is 8.70. The van der Waals surface area contributed by atoms with Crippen LogP contribution < -0.4 is 5.32 Å². The lowest BCUT2D eigenvalue weighted by Crippen LogP contribution is -2.04. The molecule has 0 spiro atoms. The van der Waals surface area contributed by atoms with E-state index in [1.165, 1.54) is 30.5 Å². The minimum absolute atomic E-state index is 0.117. The van der Waals surface area contributed by atoms with Crippen LogP contribution in [0.25, 0.3) is 10.9 Å². The van der Waals surface area contributed by atoms with Crippen LogP contribution in [0.3, 0.4) is 0 Å². The highest BCUT2D eigenvalue weighted by Gasteiger charge is 2.30. The number of pyridine rings is 1. The molecule has 3 rings (SSSR count). The highest BCUT2D eigenvalue weighted by molar-refractivity contribution is 6.33. The molecule has 0 unspecified atom stereocenters. The van der Waals surface area contributed by atoms with Crippen LogP contribution in [0.5, 0.6) is 0 Å². The van der Waals surface area contributed by atoms with Gasteiger partial charge in [0.1, 0.15) is 0 Å². The molecule has 0 radical (unpaired) electrons. The Hall–Kier alpha value is -2.87. The van der Waals surface area contributed by atoms with Crippen LogP contribution in [-0.4, -0.2) is 9.91 Å². The molecule has 0 aliphatic rings. The summed E-state index contributed by atoms with van der Waals surface area (Å²) in [5.74, 6) is 0. The molecule has 0 atom stereocenters. The van der Waals surface area contributed by atoms with Gasteiger partial charge in [0.15, 0.2) is 0 Å². The third-order valence-electron chi connectivity index (χ3n) is 3.50. The van der Waals surface area contributed by atoms with Gasteiger partial charge in [-0.05, 0) is 24.3 Å². The second-order valence-electron chi connectivity index (χ2n) is 5.13. The fourth-order valence-corrected chi connectivity index (χ4v) is 2.52. The Morgan fingerprint density at radius 3 is 2.48 bits per heavy atom. The van der Waals surface area contributed by atoms with E-state index in [1.54, 1.807) is 6.07 Å². The first-order valence-corrected chi connectivity index (χ1v) is 7.30. The monoisotopic (exact) mass is 367 g/mol. The molecule has 0 saturated heterocycles. The van der Waals surface area contributed by atoms with Crippen molar-refractivity contribution < 1.29 is 18.1 Å². The average Bonchev–Trinajstić information content (AvgIpc) is 2.55. The quantitative estimate of drug-likeness (QED) is 0.486. The van der Waals surface area contributed by atoms with Crippen LogP contribution in [0.1, 0.15) is 5.56 Å². The lowest BCUT2D eigenvalue weighted by molar-refractivity contribution is -0.384. The number of benzene rings is 2. The molecule has 2 aromatic carbocycles. The number of halogens is 4. The van der Waals surface area contributed by atoms with Gasteiger partial charge < -0.3 is 5.32 Å². The zero-order valence-electron chi connectivity index (χ0n) is 12.3. The molecular weight excluding hydrogens is 359 g/mol. The lowest BCUT2D eigenvalue weighted by Gasteiger charge is -2.12. The molecule has 1 N–H and O–H groups in total. The van der Waals surface area contributed by atoms with Gasteiger partial charge in [-0.25, -0.2) is 0 Å². The van der Waals surface area contributed by atoms with Crippen molar-refractivity contribution in [1.29, 1.82) is 0 Å². The van der Waals surface area contributed by atoms with Crippen molar-refractivity contribution in [3.05, 3.63) is 69.4 Å². The summed E-state index contributed by atoms with van der Waals surface area (Å²) in [6.07, 6.45) is -3.09. The van der Waals surface area contributed by atoms with Crippen LogP contribution in [0.4, 0.5) is 30.2 Å². The van der Waals surface area contributed by atoms with E-state index in [0.717, 1.165) is 12.1 Å². The van der Waals surface area contributed by atoms with Crippen LogP contribution >= 0.6 is 11.6 Å². The molecule has 0 amide bonds. The number of non-ortho nitro benzene ring substituents is 1. The second-order valence-corrected chi connectivity index (χ2v) is 5.54. The predicted octanol–water partition coefficient (Wildman–Crippen LogP) is 5.56. The number of anilines is 2. The number of alkyl halides is 3. The minimum atomic E-state index is -4.46. The Morgan fingerprint density at radius 2 is 1.84 bits per heavy atom. The summed E-state index contributed by atoms with van der Waals surface area (Å²) < 4.78 is 38.4. The molecule has 0 aliphatic carbocycles. The molecule has 0 bridgehead atoms. The summed E-state index contributed by atoms with van der Waals surface area (Å²) >= 11 is 6.03. The fraction of sp³-hybridized carbons (Fsp3) is 0.0625. The van der Waals surface area contributed by atoms with E-state index in [9.17, 15) is 23.3 Å². The van der Waals surface area contributed by atoms with E-state index in [4.69, 9.17) is 11.6 Å². The second kappa shape index (κ2) is 6.21. The molecule has 0 aliphatic heterocycles. The highest BCUT2D eigenvalue weighted by atomic mass is 35.5. The third kappa shape index (κ3) is 3.48. The molecule has 5 nitrogen and oxygen atoms in total. The van der Waals surface area contributed by atoms with E-state index in [-0.39, 0.29) is 16.2 Å². The maximum atomic E-state index is 12.8. The van der Waals surface area contributed by atoms with Crippen molar-refractivity contribution in [2.45, 2.75) is 6.18 Å². The van der Waals surface area contributed by atoms with Crippen molar-refractivity contribution in [3.8, 4) is 0 Å². The van der Waals surface area contributed by atoms with Crippen LogP contribution in [-0.2, 0) is 6.18 Å². The predicted molar refractivity (Wildman–Crippen MR) is 88.1 cm³/mol. The molecule has 3 aromatic rings. The van der Waals surface area contributed by atoms with E-state index in [1.807, 2.05) is 0 Å². The largest absolute Gasteiger partial charge is 0.416 e. The summed E-state index contributed by atoms with van der Waals surface area (Å²) in [7, 11) is 0. The van der Waals surface area contributed by atoms with Gasteiger partial charge in [-0.3, -0.25) is 15.1 Å². The number of rotatable bonds is 3. The average molecular weight is 368 g/mol. The van der Waals surface area contributed by atoms with Gasteiger partial charge in [0, 0.05) is 29.4 Å². The zero-order chi connectivity index (χ0) is 18.2. The lowest BCUT2D eigenvalue weighted by atomic mass is 10.1. The minimum Gasteiger partial charge on any atom is -0.354 e. The van der Waals surface area contributed by atoms with Gasteiger partial charge in [-0.15, -0.1) is 0 Å². The molecule has 9 heteroatoms. The fourth-order valence-electron chi connectivity index (χ4n) is 2.30. The Kier molecular flexibility index (Phi) is 4.22. The molecule has 25 heavy (non-hydrogen) atoms.